The molecule has 1 amide bonds. The van der Waals surface area contributed by atoms with Crippen molar-refractivity contribution >= 4 is 17.7 Å². The van der Waals surface area contributed by atoms with Gasteiger partial charge >= 0.3 is 0 Å². The van der Waals surface area contributed by atoms with Crippen molar-refractivity contribution in [2.24, 2.45) is 0 Å². The summed E-state index contributed by atoms with van der Waals surface area (Å²) in [4.78, 5) is 16.2. The normalized spacial score (nSPS) is 10.8. The topological polar surface area (TPSA) is 56.2 Å². The molecule has 0 aliphatic carbocycles. The lowest BCUT2D eigenvalue weighted by Gasteiger charge is -2.09. The number of aryl methyl sites for hydroxylation is 1. The molecule has 6 heteroatoms. The standard InChI is InChI=1S/C14H25N3O2S/c1-5-6-7-15-13(18)10-20-14-16-11(2)12(3)17(14)8-9-19-4/h5-10H2,1-4H3,(H,15,18). The van der Waals surface area contributed by atoms with Gasteiger partial charge in [0, 0.05) is 25.9 Å². The zero-order chi connectivity index (χ0) is 15.0. The largest absolute Gasteiger partial charge is 0.383 e. The maximum Gasteiger partial charge on any atom is 0.230 e. The molecule has 0 aliphatic rings. The zero-order valence-electron chi connectivity index (χ0n) is 12.9. The van der Waals surface area contributed by atoms with Crippen LogP contribution in [0.3, 0.4) is 0 Å². The van der Waals surface area contributed by atoms with Crippen molar-refractivity contribution in [2.75, 3.05) is 26.0 Å². The Labute approximate surface area is 125 Å². The summed E-state index contributed by atoms with van der Waals surface area (Å²) in [6, 6.07) is 0. The first kappa shape index (κ1) is 17.0. The number of carbonyl (C=O) groups excluding carboxylic acids is 1. The summed E-state index contributed by atoms with van der Waals surface area (Å²) in [5, 5.41) is 3.81. The minimum absolute atomic E-state index is 0.0695. The number of ether oxygens (including phenoxy) is 1. The number of imidazole rings is 1. The van der Waals surface area contributed by atoms with Crippen molar-refractivity contribution in [1.29, 1.82) is 0 Å². The van der Waals surface area contributed by atoms with Crippen molar-refractivity contribution in [3.8, 4) is 0 Å². The van der Waals surface area contributed by atoms with E-state index in [-0.39, 0.29) is 5.91 Å². The maximum absolute atomic E-state index is 11.7. The Morgan fingerprint density at radius 3 is 2.85 bits per heavy atom. The third-order valence-corrected chi connectivity index (χ3v) is 4.10. The molecular weight excluding hydrogens is 274 g/mol. The molecule has 0 aromatic carbocycles. The Morgan fingerprint density at radius 2 is 2.20 bits per heavy atom. The van der Waals surface area contributed by atoms with Crippen molar-refractivity contribution < 1.29 is 9.53 Å². The molecule has 1 N–H and O–H groups in total. The highest BCUT2D eigenvalue weighted by molar-refractivity contribution is 7.99. The smallest absolute Gasteiger partial charge is 0.230 e. The summed E-state index contributed by atoms with van der Waals surface area (Å²) in [7, 11) is 1.69. The van der Waals surface area contributed by atoms with Crippen LogP contribution in [0.4, 0.5) is 0 Å². The molecule has 0 fully saturated rings. The Morgan fingerprint density at radius 1 is 1.45 bits per heavy atom. The number of unbranched alkanes of at least 4 members (excludes halogenated alkanes) is 1. The second-order valence-electron chi connectivity index (χ2n) is 4.70. The van der Waals surface area contributed by atoms with E-state index in [0.717, 1.165) is 42.5 Å². The van der Waals surface area contributed by atoms with Crippen LogP contribution in [0.2, 0.25) is 0 Å². The van der Waals surface area contributed by atoms with Gasteiger partial charge < -0.3 is 14.6 Å². The monoisotopic (exact) mass is 299 g/mol. The fourth-order valence-electron chi connectivity index (χ4n) is 1.77. The van der Waals surface area contributed by atoms with Crippen LogP contribution in [0.5, 0.6) is 0 Å². The van der Waals surface area contributed by atoms with E-state index in [1.54, 1.807) is 7.11 Å². The van der Waals surface area contributed by atoms with Crippen LogP contribution in [0.25, 0.3) is 0 Å². The molecule has 1 aromatic rings. The number of methoxy groups -OCH3 is 1. The van der Waals surface area contributed by atoms with Crippen LogP contribution in [-0.2, 0) is 16.1 Å². The summed E-state index contributed by atoms with van der Waals surface area (Å²) in [6.45, 7) is 8.31. The summed E-state index contributed by atoms with van der Waals surface area (Å²) in [6.07, 6.45) is 2.12. The van der Waals surface area contributed by atoms with E-state index in [1.165, 1.54) is 11.8 Å². The van der Waals surface area contributed by atoms with Crippen LogP contribution in [0.15, 0.2) is 5.16 Å². The summed E-state index contributed by atoms with van der Waals surface area (Å²) >= 11 is 1.48. The van der Waals surface area contributed by atoms with Gasteiger partial charge in [0.15, 0.2) is 5.16 Å². The number of rotatable bonds is 9. The molecule has 1 rings (SSSR count). The van der Waals surface area contributed by atoms with E-state index in [1.807, 2.05) is 13.8 Å². The number of nitrogens with zero attached hydrogens (tertiary/aromatic N) is 2. The highest BCUT2D eigenvalue weighted by Gasteiger charge is 2.12. The molecule has 0 atom stereocenters. The van der Waals surface area contributed by atoms with Crippen LogP contribution < -0.4 is 5.32 Å². The third-order valence-electron chi connectivity index (χ3n) is 3.13. The number of aromatic nitrogens is 2. The Hall–Kier alpha value is -1.01. The van der Waals surface area contributed by atoms with Crippen molar-refractivity contribution in [2.45, 2.75) is 45.3 Å². The predicted molar refractivity (Wildman–Crippen MR) is 82.2 cm³/mol. The van der Waals surface area contributed by atoms with Gasteiger partial charge in [0.25, 0.3) is 0 Å². The van der Waals surface area contributed by atoms with Gasteiger partial charge in [-0.25, -0.2) is 4.98 Å². The van der Waals surface area contributed by atoms with E-state index in [9.17, 15) is 4.79 Å². The second kappa shape index (κ2) is 9.02. The summed E-state index contributed by atoms with van der Waals surface area (Å²) in [5.74, 6) is 0.479. The van der Waals surface area contributed by atoms with E-state index in [0.29, 0.717) is 12.4 Å². The van der Waals surface area contributed by atoms with E-state index >= 15 is 0 Å². The molecule has 0 bridgehead atoms. The molecule has 0 saturated carbocycles. The van der Waals surface area contributed by atoms with Gasteiger partial charge in [-0.3, -0.25) is 4.79 Å². The Balaban J connectivity index is 2.54. The molecule has 20 heavy (non-hydrogen) atoms. The van der Waals surface area contributed by atoms with E-state index < -0.39 is 0 Å². The van der Waals surface area contributed by atoms with Crippen LogP contribution >= 0.6 is 11.8 Å². The van der Waals surface area contributed by atoms with Gasteiger partial charge in [0.05, 0.1) is 18.1 Å². The predicted octanol–water partition coefficient (Wildman–Crippen LogP) is 2.15. The average Bonchev–Trinajstić information content (AvgIpc) is 2.70. The van der Waals surface area contributed by atoms with E-state index in [2.05, 4.69) is 21.8 Å². The highest BCUT2D eigenvalue weighted by Crippen LogP contribution is 2.20. The van der Waals surface area contributed by atoms with Gasteiger partial charge in [-0.15, -0.1) is 0 Å². The maximum atomic E-state index is 11.7. The number of thioether (sulfide) groups is 1. The fourth-order valence-corrected chi connectivity index (χ4v) is 2.71. The fraction of sp³-hybridized carbons (Fsp3) is 0.714. The quantitative estimate of drug-likeness (QED) is 0.561. The third kappa shape index (κ3) is 5.17. The molecule has 0 unspecified atom stereocenters. The molecule has 114 valence electrons. The first-order chi connectivity index (χ1) is 9.60. The lowest BCUT2D eigenvalue weighted by Crippen LogP contribution is -2.26. The zero-order valence-corrected chi connectivity index (χ0v) is 13.7. The second-order valence-corrected chi connectivity index (χ2v) is 5.64. The number of nitrogens with one attached hydrogen (secondary N) is 1. The molecule has 1 aromatic heterocycles. The summed E-state index contributed by atoms with van der Waals surface area (Å²) in [5.41, 5.74) is 2.14. The van der Waals surface area contributed by atoms with Crippen LogP contribution in [0, 0.1) is 13.8 Å². The first-order valence-corrected chi connectivity index (χ1v) is 8.00. The number of hydrogen-bond acceptors (Lipinski definition) is 4. The number of hydrogen-bond donors (Lipinski definition) is 1. The molecule has 1 heterocycles. The van der Waals surface area contributed by atoms with Gasteiger partial charge in [-0.05, 0) is 20.3 Å². The number of amides is 1. The van der Waals surface area contributed by atoms with Gasteiger partial charge in [-0.2, -0.15) is 0 Å². The number of carbonyl (C=O) groups is 1. The minimum Gasteiger partial charge on any atom is -0.383 e. The molecule has 5 nitrogen and oxygen atoms in total. The average molecular weight is 299 g/mol. The first-order valence-electron chi connectivity index (χ1n) is 7.02. The van der Waals surface area contributed by atoms with Crippen molar-refractivity contribution in [1.82, 2.24) is 14.9 Å². The van der Waals surface area contributed by atoms with Gasteiger partial charge in [0.2, 0.25) is 5.91 Å². The van der Waals surface area contributed by atoms with Gasteiger partial charge in [0.1, 0.15) is 0 Å². The molecule has 0 saturated heterocycles. The molecular formula is C14H25N3O2S. The van der Waals surface area contributed by atoms with Gasteiger partial charge in [-0.1, -0.05) is 25.1 Å². The van der Waals surface area contributed by atoms with Crippen molar-refractivity contribution in [3.63, 3.8) is 0 Å². The lowest BCUT2D eigenvalue weighted by atomic mass is 10.3. The SMILES string of the molecule is CCCCNC(=O)CSc1nc(C)c(C)n1CCOC. The van der Waals surface area contributed by atoms with E-state index in [4.69, 9.17) is 4.74 Å². The molecule has 0 radical (unpaired) electrons. The minimum atomic E-state index is 0.0695. The van der Waals surface area contributed by atoms with Crippen LogP contribution in [-0.4, -0.2) is 41.5 Å². The molecule has 0 spiro atoms. The summed E-state index contributed by atoms with van der Waals surface area (Å²) < 4.78 is 7.23. The van der Waals surface area contributed by atoms with Crippen molar-refractivity contribution in [3.05, 3.63) is 11.4 Å². The Bertz CT molecular complexity index is 432. The molecule has 0 aliphatic heterocycles. The highest BCUT2D eigenvalue weighted by atomic mass is 32.2. The lowest BCUT2D eigenvalue weighted by molar-refractivity contribution is -0.118. The van der Waals surface area contributed by atoms with Crippen LogP contribution in [0.1, 0.15) is 31.2 Å². The Kier molecular flexibility index (Phi) is 7.69.